The topological polar surface area (TPSA) is 21.3 Å². The molecule has 130 valence electrons. The molecule has 0 aliphatic heterocycles. The first-order valence-electron chi connectivity index (χ1n) is 8.39. The third-order valence-electron chi connectivity index (χ3n) is 4.03. The summed E-state index contributed by atoms with van der Waals surface area (Å²) in [6.07, 6.45) is 0. The second kappa shape index (κ2) is 8.47. The van der Waals surface area contributed by atoms with Gasteiger partial charge in [0.15, 0.2) is 0 Å². The van der Waals surface area contributed by atoms with Crippen molar-refractivity contribution in [2.24, 2.45) is 0 Å². The standard InChI is InChI=1S/C23H20ClNO/c1-17-7-9-18(10-8-17)11-16-23(21-5-3-4-6-22(21)24)25-19-12-14-20(26-2)15-13-19/h3-10,12-15,23,25H,1-2H3/t23-/m0/s1. The van der Waals surface area contributed by atoms with Gasteiger partial charge in [-0.05, 0) is 49.4 Å². The molecule has 3 aromatic rings. The molecule has 2 nitrogen and oxygen atoms in total. The third kappa shape index (κ3) is 4.59. The zero-order valence-corrected chi connectivity index (χ0v) is 15.5. The van der Waals surface area contributed by atoms with Crippen molar-refractivity contribution < 1.29 is 4.74 Å². The van der Waals surface area contributed by atoms with Gasteiger partial charge < -0.3 is 10.1 Å². The maximum Gasteiger partial charge on any atom is 0.119 e. The summed E-state index contributed by atoms with van der Waals surface area (Å²) in [4.78, 5) is 0. The molecule has 0 radical (unpaired) electrons. The fraction of sp³-hybridized carbons (Fsp3) is 0.130. The summed E-state index contributed by atoms with van der Waals surface area (Å²) in [5, 5.41) is 4.15. The van der Waals surface area contributed by atoms with Gasteiger partial charge in [-0.25, -0.2) is 0 Å². The van der Waals surface area contributed by atoms with Crippen molar-refractivity contribution in [3.05, 3.63) is 94.5 Å². The van der Waals surface area contributed by atoms with Crippen LogP contribution in [0.5, 0.6) is 5.75 Å². The van der Waals surface area contributed by atoms with Crippen LogP contribution in [0.25, 0.3) is 0 Å². The van der Waals surface area contributed by atoms with E-state index in [1.165, 1.54) is 5.56 Å². The minimum atomic E-state index is -0.224. The van der Waals surface area contributed by atoms with Crippen molar-refractivity contribution in [3.8, 4) is 17.6 Å². The Labute approximate surface area is 159 Å². The van der Waals surface area contributed by atoms with E-state index in [4.69, 9.17) is 16.3 Å². The SMILES string of the molecule is COc1ccc(N[C@@H](C#Cc2ccc(C)cc2)c2ccccc2Cl)cc1. The van der Waals surface area contributed by atoms with Crippen LogP contribution in [-0.2, 0) is 0 Å². The molecule has 3 heteroatoms. The van der Waals surface area contributed by atoms with Crippen LogP contribution < -0.4 is 10.1 Å². The minimum absolute atomic E-state index is 0.224. The Morgan fingerprint density at radius 1 is 0.923 bits per heavy atom. The van der Waals surface area contributed by atoms with Gasteiger partial charge in [0.25, 0.3) is 0 Å². The predicted molar refractivity (Wildman–Crippen MR) is 109 cm³/mol. The summed E-state index contributed by atoms with van der Waals surface area (Å²) >= 11 is 6.41. The van der Waals surface area contributed by atoms with E-state index >= 15 is 0 Å². The molecular weight excluding hydrogens is 342 g/mol. The summed E-state index contributed by atoms with van der Waals surface area (Å²) in [7, 11) is 1.65. The molecule has 0 heterocycles. The Morgan fingerprint density at radius 2 is 1.62 bits per heavy atom. The van der Waals surface area contributed by atoms with E-state index in [2.05, 4.69) is 36.2 Å². The fourth-order valence-electron chi connectivity index (χ4n) is 2.55. The highest BCUT2D eigenvalue weighted by atomic mass is 35.5. The fourth-order valence-corrected chi connectivity index (χ4v) is 2.79. The van der Waals surface area contributed by atoms with Gasteiger partial charge in [-0.2, -0.15) is 0 Å². The van der Waals surface area contributed by atoms with Gasteiger partial charge >= 0.3 is 0 Å². The zero-order valence-electron chi connectivity index (χ0n) is 14.8. The number of benzene rings is 3. The molecule has 1 N–H and O–H groups in total. The molecule has 3 aromatic carbocycles. The summed E-state index contributed by atoms with van der Waals surface area (Å²) in [6, 6.07) is 23.5. The Kier molecular flexibility index (Phi) is 5.84. The zero-order chi connectivity index (χ0) is 18.4. The maximum atomic E-state index is 6.41. The number of halogens is 1. The molecule has 0 saturated heterocycles. The van der Waals surface area contributed by atoms with E-state index in [1.807, 2.05) is 60.7 Å². The van der Waals surface area contributed by atoms with Crippen LogP contribution in [-0.4, -0.2) is 7.11 Å². The lowest BCUT2D eigenvalue weighted by atomic mass is 10.1. The molecule has 0 aliphatic carbocycles. The third-order valence-corrected chi connectivity index (χ3v) is 4.37. The molecule has 0 aromatic heterocycles. The summed E-state index contributed by atoms with van der Waals surface area (Å²) in [5.74, 6) is 7.37. The lowest BCUT2D eigenvalue weighted by Crippen LogP contribution is -2.09. The van der Waals surface area contributed by atoms with Crippen molar-refractivity contribution >= 4 is 17.3 Å². The second-order valence-corrected chi connectivity index (χ2v) is 6.37. The number of rotatable bonds is 4. The van der Waals surface area contributed by atoms with Gasteiger partial charge in [0.1, 0.15) is 11.8 Å². The molecule has 0 unspecified atom stereocenters. The van der Waals surface area contributed by atoms with Crippen molar-refractivity contribution in [3.63, 3.8) is 0 Å². The van der Waals surface area contributed by atoms with Crippen molar-refractivity contribution in [2.45, 2.75) is 13.0 Å². The number of anilines is 1. The second-order valence-electron chi connectivity index (χ2n) is 5.96. The van der Waals surface area contributed by atoms with Crippen molar-refractivity contribution in [1.82, 2.24) is 0 Å². The molecule has 1 atom stereocenters. The van der Waals surface area contributed by atoms with Gasteiger partial charge in [-0.15, -0.1) is 0 Å². The van der Waals surface area contributed by atoms with E-state index in [0.29, 0.717) is 5.02 Å². The lowest BCUT2D eigenvalue weighted by Gasteiger charge is -2.16. The molecule has 0 bridgehead atoms. The highest BCUT2D eigenvalue weighted by Crippen LogP contribution is 2.26. The van der Waals surface area contributed by atoms with Crippen LogP contribution in [0.1, 0.15) is 22.7 Å². The average molecular weight is 362 g/mol. The summed E-state index contributed by atoms with van der Waals surface area (Å²) in [5.41, 5.74) is 4.09. The Balaban J connectivity index is 1.91. The highest BCUT2D eigenvalue weighted by molar-refractivity contribution is 6.31. The molecule has 0 spiro atoms. The maximum absolute atomic E-state index is 6.41. The molecule has 0 amide bonds. The molecular formula is C23H20ClNO. The number of aryl methyl sites for hydroxylation is 1. The van der Waals surface area contributed by atoms with E-state index in [0.717, 1.165) is 22.6 Å². The smallest absolute Gasteiger partial charge is 0.119 e. The van der Waals surface area contributed by atoms with Gasteiger partial charge in [0, 0.05) is 21.8 Å². The van der Waals surface area contributed by atoms with E-state index in [1.54, 1.807) is 7.11 Å². The minimum Gasteiger partial charge on any atom is -0.497 e. The van der Waals surface area contributed by atoms with Gasteiger partial charge in [0.05, 0.1) is 7.11 Å². The Bertz CT molecular complexity index is 921. The molecule has 26 heavy (non-hydrogen) atoms. The first kappa shape index (κ1) is 17.9. The Morgan fingerprint density at radius 3 is 2.27 bits per heavy atom. The van der Waals surface area contributed by atoms with E-state index in [-0.39, 0.29) is 6.04 Å². The van der Waals surface area contributed by atoms with Crippen LogP contribution in [0.15, 0.2) is 72.8 Å². The van der Waals surface area contributed by atoms with Crippen LogP contribution >= 0.6 is 11.6 Å². The number of ether oxygens (including phenoxy) is 1. The monoisotopic (exact) mass is 361 g/mol. The van der Waals surface area contributed by atoms with Gasteiger partial charge in [0.2, 0.25) is 0 Å². The number of nitrogens with one attached hydrogen (secondary N) is 1. The number of hydrogen-bond acceptors (Lipinski definition) is 2. The number of methoxy groups -OCH3 is 1. The lowest BCUT2D eigenvalue weighted by molar-refractivity contribution is 0.415. The highest BCUT2D eigenvalue weighted by Gasteiger charge is 2.12. The molecule has 0 saturated carbocycles. The van der Waals surface area contributed by atoms with Crippen LogP contribution in [0.2, 0.25) is 5.02 Å². The average Bonchev–Trinajstić information content (AvgIpc) is 2.67. The largest absolute Gasteiger partial charge is 0.497 e. The first-order valence-corrected chi connectivity index (χ1v) is 8.77. The van der Waals surface area contributed by atoms with Crippen molar-refractivity contribution in [2.75, 3.05) is 12.4 Å². The van der Waals surface area contributed by atoms with Gasteiger partial charge in [-0.1, -0.05) is 59.3 Å². The molecule has 3 rings (SSSR count). The van der Waals surface area contributed by atoms with Crippen LogP contribution in [0.4, 0.5) is 5.69 Å². The van der Waals surface area contributed by atoms with Crippen LogP contribution in [0, 0.1) is 18.8 Å². The van der Waals surface area contributed by atoms with Crippen molar-refractivity contribution in [1.29, 1.82) is 0 Å². The predicted octanol–water partition coefficient (Wildman–Crippen LogP) is 5.86. The first-order chi connectivity index (χ1) is 12.7. The number of hydrogen-bond donors (Lipinski definition) is 1. The van der Waals surface area contributed by atoms with Crippen LogP contribution in [0.3, 0.4) is 0 Å². The Hall–Kier alpha value is -2.89. The molecule has 0 aliphatic rings. The normalized spacial score (nSPS) is 11.2. The van der Waals surface area contributed by atoms with E-state index < -0.39 is 0 Å². The summed E-state index contributed by atoms with van der Waals surface area (Å²) < 4.78 is 5.22. The van der Waals surface area contributed by atoms with E-state index in [9.17, 15) is 0 Å². The quantitative estimate of drug-likeness (QED) is 0.587. The summed E-state index contributed by atoms with van der Waals surface area (Å²) in [6.45, 7) is 2.06. The van der Waals surface area contributed by atoms with Gasteiger partial charge in [-0.3, -0.25) is 0 Å². The molecule has 0 fully saturated rings.